The van der Waals surface area contributed by atoms with Crippen LogP contribution >= 0.6 is 22.9 Å². The number of primary amides is 1. The second kappa shape index (κ2) is 6.00. The van der Waals surface area contributed by atoms with Gasteiger partial charge in [-0.1, -0.05) is 29.8 Å². The van der Waals surface area contributed by atoms with E-state index in [4.69, 9.17) is 17.3 Å². The number of halogens is 1. The van der Waals surface area contributed by atoms with Crippen molar-refractivity contribution in [2.45, 2.75) is 25.7 Å². The second-order valence-corrected chi connectivity index (χ2v) is 6.53. The van der Waals surface area contributed by atoms with Crippen molar-refractivity contribution in [3.05, 3.63) is 50.9 Å². The zero-order valence-corrected chi connectivity index (χ0v) is 13.0. The Morgan fingerprint density at radius 3 is 2.81 bits per heavy atom. The van der Waals surface area contributed by atoms with Crippen LogP contribution in [-0.4, -0.2) is 12.1 Å². The highest BCUT2D eigenvalue weighted by Gasteiger charge is 2.23. The molecule has 1 aromatic carbocycles. The summed E-state index contributed by atoms with van der Waals surface area (Å²) in [6.45, 7) is 0. The number of aryl methyl sites for hydroxylation is 1. The third kappa shape index (κ3) is 2.87. The molecule has 2 N–H and O–H groups in total. The molecule has 0 saturated heterocycles. The summed E-state index contributed by atoms with van der Waals surface area (Å²) in [7, 11) is 0. The topological polar surface area (TPSA) is 55.5 Å². The Kier molecular flexibility index (Phi) is 4.08. The highest BCUT2D eigenvalue weighted by molar-refractivity contribution is 7.16. The number of rotatable bonds is 3. The fraction of sp³-hybridized carbons (Fsp3) is 0.250. The first-order chi connectivity index (χ1) is 10.2. The highest BCUT2D eigenvalue weighted by Crippen LogP contribution is 2.39. The van der Waals surface area contributed by atoms with Crippen LogP contribution in [0.15, 0.2) is 29.3 Å². The molecule has 0 unspecified atom stereocenters. The Morgan fingerprint density at radius 2 is 2.05 bits per heavy atom. The number of carbonyl (C=O) groups excluding carboxylic acids is 1. The Balaban J connectivity index is 2.01. The van der Waals surface area contributed by atoms with Crippen molar-refractivity contribution < 1.29 is 4.79 Å². The summed E-state index contributed by atoms with van der Waals surface area (Å²) in [5, 5.41) is 1.34. The zero-order valence-electron chi connectivity index (χ0n) is 11.4. The zero-order chi connectivity index (χ0) is 14.8. The smallest absolute Gasteiger partial charge is 0.252 e. The van der Waals surface area contributed by atoms with Gasteiger partial charge in [0.25, 0.3) is 5.91 Å². The summed E-state index contributed by atoms with van der Waals surface area (Å²) in [6, 6.07) is 7.49. The van der Waals surface area contributed by atoms with E-state index >= 15 is 0 Å². The average Bonchev–Trinajstić information content (AvgIpc) is 2.85. The molecular formula is C16H15ClN2OS. The largest absolute Gasteiger partial charge is 0.365 e. The van der Waals surface area contributed by atoms with E-state index in [-0.39, 0.29) is 5.91 Å². The molecule has 1 aliphatic carbocycles. The maximum absolute atomic E-state index is 11.8. The third-order valence-corrected chi connectivity index (χ3v) is 5.17. The summed E-state index contributed by atoms with van der Waals surface area (Å²) in [5.74, 6) is -0.388. The van der Waals surface area contributed by atoms with Crippen molar-refractivity contribution in [3.63, 3.8) is 0 Å². The molecule has 0 aliphatic heterocycles. The maximum atomic E-state index is 11.8. The van der Waals surface area contributed by atoms with Crippen LogP contribution in [0.3, 0.4) is 0 Å². The molecule has 0 fully saturated rings. The molecule has 0 saturated carbocycles. The van der Waals surface area contributed by atoms with Gasteiger partial charge in [0.2, 0.25) is 0 Å². The molecule has 0 spiro atoms. The predicted octanol–water partition coefficient (Wildman–Crippen LogP) is 4.13. The van der Waals surface area contributed by atoms with Crippen LogP contribution in [0.1, 0.15) is 39.2 Å². The molecule has 2 aromatic rings. The summed E-state index contributed by atoms with van der Waals surface area (Å²) in [5.41, 5.74) is 8.08. The van der Waals surface area contributed by atoms with E-state index in [0.29, 0.717) is 15.6 Å². The first-order valence-electron chi connectivity index (χ1n) is 6.89. The normalized spacial score (nSPS) is 14.3. The molecule has 21 heavy (non-hydrogen) atoms. The van der Waals surface area contributed by atoms with Gasteiger partial charge in [0.15, 0.2) is 0 Å². The molecule has 0 radical (unpaired) electrons. The maximum Gasteiger partial charge on any atom is 0.252 e. The summed E-state index contributed by atoms with van der Waals surface area (Å²) in [4.78, 5) is 17.5. The summed E-state index contributed by atoms with van der Waals surface area (Å²) >= 11 is 7.69. The lowest BCUT2D eigenvalue weighted by atomic mass is 9.95. The number of amides is 1. The van der Waals surface area contributed by atoms with Gasteiger partial charge < -0.3 is 5.73 Å². The van der Waals surface area contributed by atoms with Gasteiger partial charge in [0.1, 0.15) is 5.00 Å². The van der Waals surface area contributed by atoms with Crippen molar-refractivity contribution in [1.82, 2.24) is 0 Å². The Morgan fingerprint density at radius 1 is 1.29 bits per heavy atom. The Labute approximate surface area is 132 Å². The van der Waals surface area contributed by atoms with Gasteiger partial charge in [-0.15, -0.1) is 11.3 Å². The van der Waals surface area contributed by atoms with E-state index in [0.717, 1.165) is 30.4 Å². The van der Waals surface area contributed by atoms with Crippen molar-refractivity contribution in [1.29, 1.82) is 0 Å². The van der Waals surface area contributed by atoms with E-state index in [1.165, 1.54) is 11.3 Å². The third-order valence-electron chi connectivity index (χ3n) is 3.63. The van der Waals surface area contributed by atoms with Crippen LogP contribution in [-0.2, 0) is 12.8 Å². The molecule has 108 valence electrons. The van der Waals surface area contributed by atoms with E-state index in [1.54, 1.807) is 17.6 Å². The van der Waals surface area contributed by atoms with Crippen molar-refractivity contribution in [3.8, 4) is 0 Å². The minimum atomic E-state index is -0.388. The van der Waals surface area contributed by atoms with Crippen LogP contribution in [0.25, 0.3) is 0 Å². The lowest BCUT2D eigenvalue weighted by molar-refractivity contribution is 0.100. The minimum absolute atomic E-state index is 0.388. The van der Waals surface area contributed by atoms with E-state index in [9.17, 15) is 4.79 Å². The molecular weight excluding hydrogens is 304 g/mol. The van der Waals surface area contributed by atoms with E-state index < -0.39 is 0 Å². The van der Waals surface area contributed by atoms with Crippen LogP contribution < -0.4 is 5.73 Å². The predicted molar refractivity (Wildman–Crippen MR) is 88.2 cm³/mol. The van der Waals surface area contributed by atoms with Gasteiger partial charge in [-0.05, 0) is 37.3 Å². The summed E-state index contributed by atoms with van der Waals surface area (Å²) in [6.07, 6.45) is 5.91. The fourth-order valence-corrected chi connectivity index (χ4v) is 4.03. The minimum Gasteiger partial charge on any atom is -0.365 e. The Hall–Kier alpha value is -1.65. The number of fused-ring (bicyclic) bond motifs is 1. The quantitative estimate of drug-likeness (QED) is 0.850. The van der Waals surface area contributed by atoms with E-state index in [1.807, 2.05) is 24.3 Å². The van der Waals surface area contributed by atoms with Gasteiger partial charge >= 0.3 is 0 Å². The molecule has 1 amide bonds. The molecule has 1 aromatic heterocycles. The summed E-state index contributed by atoms with van der Waals surface area (Å²) < 4.78 is 0. The van der Waals surface area contributed by atoms with E-state index in [2.05, 4.69) is 4.99 Å². The molecule has 3 rings (SSSR count). The lowest BCUT2D eigenvalue weighted by Crippen LogP contribution is -2.14. The number of nitrogens with two attached hydrogens (primary N) is 1. The molecule has 1 aliphatic rings. The van der Waals surface area contributed by atoms with Gasteiger partial charge in [-0.25, -0.2) is 4.99 Å². The number of hydrogen-bond donors (Lipinski definition) is 1. The fourth-order valence-electron chi connectivity index (χ4n) is 2.60. The number of carbonyl (C=O) groups is 1. The van der Waals surface area contributed by atoms with Gasteiger partial charge in [-0.2, -0.15) is 0 Å². The monoisotopic (exact) mass is 318 g/mol. The number of hydrogen-bond acceptors (Lipinski definition) is 3. The standard InChI is InChI=1S/C16H15ClN2OS/c17-12-7-3-1-5-10(12)9-19-16-14(15(18)20)11-6-2-4-8-13(11)21-16/h1,3,5,7,9H,2,4,6,8H2,(H2,18,20)/b19-9+. The molecule has 3 nitrogen and oxygen atoms in total. The Bertz CT molecular complexity index is 721. The van der Waals surface area contributed by atoms with Gasteiger partial charge in [0, 0.05) is 21.7 Å². The van der Waals surface area contributed by atoms with Crippen molar-refractivity contribution in [2.75, 3.05) is 0 Å². The number of benzene rings is 1. The van der Waals surface area contributed by atoms with Gasteiger partial charge in [0.05, 0.1) is 5.56 Å². The first-order valence-corrected chi connectivity index (χ1v) is 8.09. The second-order valence-electron chi connectivity index (χ2n) is 5.04. The SMILES string of the molecule is NC(=O)c1c(/N=C/c2ccccc2Cl)sc2c1CCCC2. The number of thiophene rings is 1. The molecule has 0 bridgehead atoms. The van der Waals surface area contributed by atoms with Crippen LogP contribution in [0.2, 0.25) is 5.02 Å². The van der Waals surface area contributed by atoms with Gasteiger partial charge in [-0.3, -0.25) is 4.79 Å². The first kappa shape index (κ1) is 14.3. The lowest BCUT2D eigenvalue weighted by Gasteiger charge is -2.10. The highest BCUT2D eigenvalue weighted by atomic mass is 35.5. The molecule has 0 atom stereocenters. The number of aliphatic imine (C=N–C) groups is 1. The van der Waals surface area contributed by atoms with Crippen LogP contribution in [0.5, 0.6) is 0 Å². The van der Waals surface area contributed by atoms with Crippen LogP contribution in [0, 0.1) is 0 Å². The molecule has 1 heterocycles. The number of nitrogens with zero attached hydrogens (tertiary/aromatic N) is 1. The molecule has 5 heteroatoms. The van der Waals surface area contributed by atoms with Crippen LogP contribution in [0.4, 0.5) is 5.00 Å². The van der Waals surface area contributed by atoms with Crippen molar-refractivity contribution >= 4 is 40.1 Å². The van der Waals surface area contributed by atoms with Crippen molar-refractivity contribution in [2.24, 2.45) is 10.7 Å². The average molecular weight is 319 g/mol.